The molecule has 2 N–H and O–H groups in total. The van der Waals surface area contributed by atoms with Crippen LogP contribution in [0.1, 0.15) is 32.6 Å². The summed E-state index contributed by atoms with van der Waals surface area (Å²) in [5, 5.41) is 10.7. The number of benzene rings is 1. The van der Waals surface area contributed by atoms with Crippen LogP contribution in [0.5, 0.6) is 5.88 Å². The fourth-order valence-electron chi connectivity index (χ4n) is 4.44. The van der Waals surface area contributed by atoms with Crippen molar-refractivity contribution in [2.45, 2.75) is 51.3 Å². The first kappa shape index (κ1) is 21.9. The number of rotatable bonds is 6. The second-order valence-electron chi connectivity index (χ2n) is 8.29. The molecule has 0 spiro atoms. The second kappa shape index (κ2) is 9.16. The molecule has 0 saturated heterocycles. The summed E-state index contributed by atoms with van der Waals surface area (Å²) in [4.78, 5) is 24.1. The van der Waals surface area contributed by atoms with E-state index in [-0.39, 0.29) is 29.8 Å². The number of alkyl halides is 2. The first-order valence-corrected chi connectivity index (χ1v) is 11.1. The van der Waals surface area contributed by atoms with Crippen LogP contribution in [0.15, 0.2) is 42.9 Å². The Morgan fingerprint density at radius 2 is 1.82 bits per heavy atom. The number of amides is 1. The quantitative estimate of drug-likeness (QED) is 0.444. The van der Waals surface area contributed by atoms with Crippen molar-refractivity contribution in [2.75, 3.05) is 5.32 Å². The van der Waals surface area contributed by atoms with E-state index in [4.69, 9.17) is 4.74 Å². The van der Waals surface area contributed by atoms with Crippen LogP contribution in [0, 0.1) is 0 Å². The normalized spacial score (nSPS) is 18.4. The van der Waals surface area contributed by atoms with Crippen LogP contribution >= 0.6 is 0 Å². The molecule has 3 heterocycles. The van der Waals surface area contributed by atoms with Crippen molar-refractivity contribution < 1.29 is 18.3 Å². The topological polar surface area (TPSA) is 106 Å². The maximum absolute atomic E-state index is 13.3. The van der Waals surface area contributed by atoms with Crippen LogP contribution in [-0.2, 0) is 4.79 Å². The van der Waals surface area contributed by atoms with Crippen molar-refractivity contribution in [2.24, 2.45) is 0 Å². The molecule has 3 aromatic heterocycles. The molecule has 0 radical (unpaired) electrons. The molecular weight excluding hydrogens is 444 g/mol. The van der Waals surface area contributed by atoms with E-state index >= 15 is 0 Å². The van der Waals surface area contributed by atoms with E-state index in [9.17, 15) is 13.6 Å². The van der Waals surface area contributed by atoms with Crippen molar-refractivity contribution in [1.82, 2.24) is 29.9 Å². The summed E-state index contributed by atoms with van der Waals surface area (Å²) < 4.78 is 32.8. The Bertz CT molecular complexity index is 1340. The molecule has 4 aromatic rings. The third-order valence-corrected chi connectivity index (χ3v) is 5.93. The molecule has 1 aliphatic rings. The Hall–Kier alpha value is -3.89. The van der Waals surface area contributed by atoms with Crippen LogP contribution in [-0.4, -0.2) is 49.2 Å². The zero-order chi connectivity index (χ0) is 23.7. The maximum atomic E-state index is 13.3. The summed E-state index contributed by atoms with van der Waals surface area (Å²) in [5.74, 6) is -0.0443. The molecule has 11 heteroatoms. The molecule has 1 aromatic carbocycles. The molecule has 34 heavy (non-hydrogen) atoms. The van der Waals surface area contributed by atoms with Gasteiger partial charge in [0.05, 0.1) is 11.0 Å². The number of nitrogens with zero attached hydrogens (tertiary/aromatic N) is 5. The number of halogens is 2. The summed E-state index contributed by atoms with van der Waals surface area (Å²) in [7, 11) is 0. The fourth-order valence-corrected chi connectivity index (χ4v) is 4.44. The molecule has 0 bridgehead atoms. The number of ether oxygens (including phenoxy) is 1. The number of nitrogens with one attached hydrogen (secondary N) is 2. The molecular formula is C23H23F2N7O2. The molecule has 1 aliphatic carbocycles. The Morgan fingerprint density at radius 1 is 1.09 bits per heavy atom. The van der Waals surface area contributed by atoms with Gasteiger partial charge in [0.2, 0.25) is 17.7 Å². The van der Waals surface area contributed by atoms with Crippen molar-refractivity contribution in [3.8, 4) is 17.0 Å². The number of aromatic nitrogens is 5. The van der Waals surface area contributed by atoms with Crippen LogP contribution < -0.4 is 15.4 Å². The monoisotopic (exact) mass is 467 g/mol. The zero-order valence-electron chi connectivity index (χ0n) is 18.4. The fraction of sp³-hybridized carbons (Fsp3) is 0.348. The first-order valence-electron chi connectivity index (χ1n) is 11.1. The number of hydrogen-bond donors (Lipinski definition) is 2. The molecule has 1 amide bonds. The summed E-state index contributed by atoms with van der Waals surface area (Å²) in [6, 6.07) is 7.50. The molecule has 0 aliphatic heterocycles. The van der Waals surface area contributed by atoms with Crippen LogP contribution in [0.4, 0.5) is 14.7 Å². The highest BCUT2D eigenvalue weighted by Crippen LogP contribution is 2.33. The molecule has 1 saturated carbocycles. The molecule has 5 rings (SSSR count). The van der Waals surface area contributed by atoms with Crippen molar-refractivity contribution in [3.63, 3.8) is 0 Å². The van der Waals surface area contributed by atoms with Crippen LogP contribution in [0.3, 0.4) is 0 Å². The van der Waals surface area contributed by atoms with E-state index < -0.39 is 6.61 Å². The molecule has 0 unspecified atom stereocenters. The van der Waals surface area contributed by atoms with Crippen LogP contribution in [0.25, 0.3) is 27.7 Å². The maximum Gasteiger partial charge on any atom is 0.388 e. The lowest BCUT2D eigenvalue weighted by Gasteiger charge is -2.29. The largest absolute Gasteiger partial charge is 0.414 e. The third-order valence-electron chi connectivity index (χ3n) is 5.93. The van der Waals surface area contributed by atoms with Crippen molar-refractivity contribution in [1.29, 1.82) is 0 Å². The molecule has 176 valence electrons. The van der Waals surface area contributed by atoms with Crippen molar-refractivity contribution >= 4 is 28.4 Å². The molecule has 0 atom stereocenters. The SMILES string of the molecule is CC(=O)N[C@H]1CC[C@@H](Nc2nc(OC(F)F)c3c(-c4ccc5nccnc5c4)ccn3n2)CC1. The Morgan fingerprint density at radius 3 is 2.56 bits per heavy atom. The van der Waals surface area contributed by atoms with Gasteiger partial charge in [0, 0.05) is 43.2 Å². The average Bonchev–Trinajstić information content (AvgIpc) is 3.24. The van der Waals surface area contributed by atoms with Gasteiger partial charge in [0.25, 0.3) is 0 Å². The van der Waals surface area contributed by atoms with Gasteiger partial charge in [-0.25, -0.2) is 4.52 Å². The zero-order valence-corrected chi connectivity index (χ0v) is 18.4. The first-order chi connectivity index (χ1) is 16.5. The van der Waals surface area contributed by atoms with Gasteiger partial charge in [0.1, 0.15) is 5.52 Å². The van der Waals surface area contributed by atoms with Gasteiger partial charge < -0.3 is 15.4 Å². The van der Waals surface area contributed by atoms with Crippen LogP contribution in [0.2, 0.25) is 0 Å². The number of fused-ring (bicyclic) bond motifs is 2. The average molecular weight is 467 g/mol. The van der Waals surface area contributed by atoms with E-state index in [1.165, 1.54) is 11.4 Å². The summed E-state index contributed by atoms with van der Waals surface area (Å²) >= 11 is 0. The Balaban J connectivity index is 1.45. The smallest absolute Gasteiger partial charge is 0.388 e. The van der Waals surface area contributed by atoms with E-state index in [2.05, 4.69) is 30.7 Å². The number of carbonyl (C=O) groups excluding carboxylic acids is 1. The van der Waals surface area contributed by atoms with E-state index in [1.54, 1.807) is 24.7 Å². The minimum absolute atomic E-state index is 0.0409. The van der Waals surface area contributed by atoms with E-state index in [0.717, 1.165) is 36.8 Å². The summed E-state index contributed by atoms with van der Waals surface area (Å²) in [5.41, 5.74) is 3.16. The Kier molecular flexibility index (Phi) is 5.91. The highest BCUT2D eigenvalue weighted by Gasteiger charge is 2.24. The van der Waals surface area contributed by atoms with Crippen molar-refractivity contribution in [3.05, 3.63) is 42.9 Å². The highest BCUT2D eigenvalue weighted by molar-refractivity contribution is 5.89. The Labute approximate surface area is 193 Å². The molecule has 9 nitrogen and oxygen atoms in total. The van der Waals surface area contributed by atoms with Gasteiger partial charge in [-0.15, -0.1) is 5.10 Å². The summed E-state index contributed by atoms with van der Waals surface area (Å²) in [6.45, 7) is -1.53. The van der Waals surface area contributed by atoms with E-state index in [0.29, 0.717) is 16.6 Å². The number of anilines is 1. The van der Waals surface area contributed by atoms with Gasteiger partial charge in [0.15, 0.2) is 0 Å². The predicted octanol–water partition coefficient (Wildman–Crippen LogP) is 3.80. The van der Waals surface area contributed by atoms with Gasteiger partial charge in [-0.3, -0.25) is 14.8 Å². The third kappa shape index (κ3) is 4.59. The lowest BCUT2D eigenvalue weighted by Crippen LogP contribution is -2.39. The standard InChI is InChI=1S/C23H23F2N7O2/c1-13(33)28-15-3-5-16(6-4-15)29-23-30-21(34-22(24)25)20-17(8-11-32(20)31-23)14-2-7-18-19(12-14)27-10-9-26-18/h2,7-12,15-16,22H,3-6H2,1H3,(H,28,33)(H,29,31)/t15-,16+. The highest BCUT2D eigenvalue weighted by atomic mass is 19.3. The van der Waals surface area contributed by atoms with E-state index in [1.807, 2.05) is 18.2 Å². The van der Waals surface area contributed by atoms with Gasteiger partial charge in [-0.2, -0.15) is 13.8 Å². The minimum Gasteiger partial charge on any atom is -0.414 e. The molecule has 1 fully saturated rings. The van der Waals surface area contributed by atoms with Gasteiger partial charge in [-0.1, -0.05) is 6.07 Å². The summed E-state index contributed by atoms with van der Waals surface area (Å²) in [6.07, 6.45) is 8.12. The van der Waals surface area contributed by atoms with Gasteiger partial charge in [-0.05, 0) is 49.4 Å². The number of carbonyl (C=O) groups is 1. The van der Waals surface area contributed by atoms with Gasteiger partial charge >= 0.3 is 6.61 Å². The lowest BCUT2D eigenvalue weighted by molar-refractivity contribution is -0.119. The minimum atomic E-state index is -3.04. The number of hydrogen-bond acceptors (Lipinski definition) is 7. The predicted molar refractivity (Wildman–Crippen MR) is 122 cm³/mol. The lowest BCUT2D eigenvalue weighted by atomic mass is 9.91. The second-order valence-corrected chi connectivity index (χ2v) is 8.29.